The van der Waals surface area contributed by atoms with Crippen LogP contribution in [0.15, 0.2) is 35.8 Å². The van der Waals surface area contributed by atoms with E-state index in [9.17, 15) is 4.79 Å². The summed E-state index contributed by atoms with van der Waals surface area (Å²) < 4.78 is 0. The van der Waals surface area contributed by atoms with E-state index < -0.39 is 0 Å². The fraction of sp³-hybridized carbons (Fsp3) is 0.286. The van der Waals surface area contributed by atoms with Crippen LogP contribution in [-0.4, -0.2) is 28.8 Å². The number of thiazole rings is 1. The van der Waals surface area contributed by atoms with Crippen molar-refractivity contribution >= 4 is 23.1 Å². The van der Waals surface area contributed by atoms with Crippen molar-refractivity contribution in [2.45, 2.75) is 19.4 Å². The number of amides is 2. The lowest BCUT2D eigenvalue weighted by atomic mass is 10.2. The van der Waals surface area contributed by atoms with Crippen molar-refractivity contribution in [2.24, 2.45) is 0 Å². The van der Waals surface area contributed by atoms with Gasteiger partial charge < -0.3 is 15.7 Å². The van der Waals surface area contributed by atoms with Crippen molar-refractivity contribution < 1.29 is 9.90 Å². The first-order chi connectivity index (χ1) is 9.69. The van der Waals surface area contributed by atoms with Crippen LogP contribution in [-0.2, 0) is 0 Å². The van der Waals surface area contributed by atoms with Gasteiger partial charge in [0.25, 0.3) is 0 Å². The molecule has 2 aromatic rings. The summed E-state index contributed by atoms with van der Waals surface area (Å²) in [6, 6.07) is 7.20. The highest BCUT2D eigenvalue weighted by molar-refractivity contribution is 7.13. The molecule has 1 heterocycles. The van der Waals surface area contributed by atoms with E-state index in [1.165, 1.54) is 0 Å². The average Bonchev–Trinajstić information content (AvgIpc) is 2.92. The van der Waals surface area contributed by atoms with Gasteiger partial charge >= 0.3 is 6.03 Å². The first-order valence-corrected chi connectivity index (χ1v) is 7.25. The van der Waals surface area contributed by atoms with Crippen LogP contribution in [0.25, 0.3) is 10.6 Å². The van der Waals surface area contributed by atoms with Crippen molar-refractivity contribution in [1.29, 1.82) is 0 Å². The van der Waals surface area contributed by atoms with Crippen molar-refractivity contribution in [2.75, 3.05) is 11.9 Å². The van der Waals surface area contributed by atoms with Crippen LogP contribution in [0, 0.1) is 0 Å². The van der Waals surface area contributed by atoms with Gasteiger partial charge in [-0.05, 0) is 25.5 Å². The molecular formula is C14H17N3O2S. The van der Waals surface area contributed by atoms with Gasteiger partial charge in [0, 0.05) is 35.5 Å². The summed E-state index contributed by atoms with van der Waals surface area (Å²) in [4.78, 5) is 16.0. The van der Waals surface area contributed by atoms with Gasteiger partial charge in [-0.2, -0.15) is 0 Å². The second kappa shape index (κ2) is 7.02. The number of nitrogens with zero attached hydrogens (tertiary/aromatic N) is 1. The number of hydrogen-bond acceptors (Lipinski definition) is 4. The molecule has 106 valence electrons. The summed E-state index contributed by atoms with van der Waals surface area (Å²) in [6.45, 7) is 1.91. The Labute approximate surface area is 121 Å². The Morgan fingerprint density at radius 2 is 2.35 bits per heavy atom. The van der Waals surface area contributed by atoms with Gasteiger partial charge in [-0.3, -0.25) is 0 Å². The molecule has 0 aliphatic carbocycles. The number of urea groups is 1. The highest BCUT2D eigenvalue weighted by atomic mass is 32.1. The zero-order chi connectivity index (χ0) is 14.4. The van der Waals surface area contributed by atoms with Crippen molar-refractivity contribution in [3.05, 3.63) is 35.8 Å². The number of rotatable bonds is 5. The number of aromatic nitrogens is 1. The molecule has 6 heteroatoms. The zero-order valence-corrected chi connectivity index (χ0v) is 12.0. The molecule has 0 spiro atoms. The van der Waals surface area contributed by atoms with E-state index in [-0.39, 0.29) is 18.7 Å². The molecule has 0 radical (unpaired) electrons. The Bertz CT molecular complexity index is 557. The standard InChI is InChI=1S/C14H17N3O2S/c1-10(5-7-18)16-14(19)17-12-4-2-3-11(9-12)13-15-6-8-20-13/h2-4,6,8-10,18H,5,7H2,1H3,(H2,16,17,19)/t10-/m1/s1. The third-order valence-electron chi connectivity index (χ3n) is 2.74. The van der Waals surface area contributed by atoms with Crippen LogP contribution < -0.4 is 10.6 Å². The van der Waals surface area contributed by atoms with Gasteiger partial charge in [-0.1, -0.05) is 12.1 Å². The first kappa shape index (κ1) is 14.5. The van der Waals surface area contributed by atoms with Gasteiger partial charge in [-0.15, -0.1) is 11.3 Å². The Morgan fingerprint density at radius 3 is 3.05 bits per heavy atom. The minimum absolute atomic E-state index is 0.0565. The molecule has 2 rings (SSSR count). The lowest BCUT2D eigenvalue weighted by molar-refractivity contribution is 0.241. The Balaban J connectivity index is 1.99. The number of hydrogen-bond donors (Lipinski definition) is 3. The molecule has 1 aromatic heterocycles. The molecule has 20 heavy (non-hydrogen) atoms. The van der Waals surface area contributed by atoms with Crippen LogP contribution in [0.2, 0.25) is 0 Å². The number of benzene rings is 1. The lowest BCUT2D eigenvalue weighted by Crippen LogP contribution is -2.36. The number of aliphatic hydroxyl groups excluding tert-OH is 1. The zero-order valence-electron chi connectivity index (χ0n) is 11.2. The summed E-state index contributed by atoms with van der Waals surface area (Å²) in [6.07, 6.45) is 2.29. The van der Waals surface area contributed by atoms with Crippen LogP contribution >= 0.6 is 11.3 Å². The number of carbonyl (C=O) groups excluding carboxylic acids is 1. The van der Waals surface area contributed by atoms with E-state index in [4.69, 9.17) is 5.11 Å². The van der Waals surface area contributed by atoms with Crippen molar-refractivity contribution in [3.63, 3.8) is 0 Å². The maximum Gasteiger partial charge on any atom is 0.319 e. The van der Waals surface area contributed by atoms with Gasteiger partial charge in [-0.25, -0.2) is 9.78 Å². The van der Waals surface area contributed by atoms with E-state index in [1.807, 2.05) is 36.6 Å². The van der Waals surface area contributed by atoms with Gasteiger partial charge in [0.15, 0.2) is 0 Å². The fourth-order valence-corrected chi connectivity index (χ4v) is 2.39. The molecule has 5 nitrogen and oxygen atoms in total. The normalized spacial score (nSPS) is 11.9. The van der Waals surface area contributed by atoms with Crippen molar-refractivity contribution in [3.8, 4) is 10.6 Å². The lowest BCUT2D eigenvalue weighted by Gasteiger charge is -2.13. The average molecular weight is 291 g/mol. The van der Waals surface area contributed by atoms with Gasteiger partial charge in [0.1, 0.15) is 5.01 Å². The molecule has 0 aliphatic heterocycles. The Kier molecular flexibility index (Phi) is 5.09. The summed E-state index contributed by atoms with van der Waals surface area (Å²) in [5, 5.41) is 17.2. The van der Waals surface area contributed by atoms with Crippen molar-refractivity contribution in [1.82, 2.24) is 10.3 Å². The largest absolute Gasteiger partial charge is 0.396 e. The molecule has 0 bridgehead atoms. The number of aliphatic hydroxyl groups is 1. The maximum absolute atomic E-state index is 11.8. The molecule has 0 fully saturated rings. The topological polar surface area (TPSA) is 74.2 Å². The molecule has 3 N–H and O–H groups in total. The van der Waals surface area contributed by atoms with E-state index in [0.29, 0.717) is 12.1 Å². The summed E-state index contributed by atoms with van der Waals surface area (Å²) in [5.41, 5.74) is 1.69. The molecule has 2 amide bonds. The second-order valence-electron chi connectivity index (χ2n) is 4.43. The predicted molar refractivity (Wildman–Crippen MR) is 80.9 cm³/mol. The third-order valence-corrected chi connectivity index (χ3v) is 3.56. The smallest absolute Gasteiger partial charge is 0.319 e. The molecule has 0 unspecified atom stereocenters. The highest BCUT2D eigenvalue weighted by Crippen LogP contribution is 2.24. The number of anilines is 1. The van der Waals surface area contributed by atoms with E-state index >= 15 is 0 Å². The van der Waals surface area contributed by atoms with Crippen LogP contribution in [0.3, 0.4) is 0 Å². The van der Waals surface area contributed by atoms with Gasteiger partial charge in [0.2, 0.25) is 0 Å². The quantitative estimate of drug-likeness (QED) is 0.793. The van der Waals surface area contributed by atoms with E-state index in [0.717, 1.165) is 10.6 Å². The van der Waals surface area contributed by atoms with Crippen LogP contribution in [0.1, 0.15) is 13.3 Å². The minimum atomic E-state index is -0.276. The third kappa shape index (κ3) is 4.04. The minimum Gasteiger partial charge on any atom is -0.396 e. The Morgan fingerprint density at radius 1 is 1.50 bits per heavy atom. The molecule has 0 saturated heterocycles. The monoisotopic (exact) mass is 291 g/mol. The number of carbonyl (C=O) groups is 1. The van der Waals surface area contributed by atoms with E-state index in [1.54, 1.807) is 17.5 Å². The molecule has 1 atom stereocenters. The first-order valence-electron chi connectivity index (χ1n) is 6.37. The highest BCUT2D eigenvalue weighted by Gasteiger charge is 2.08. The molecule has 1 aromatic carbocycles. The predicted octanol–water partition coefficient (Wildman–Crippen LogP) is 2.70. The molecule has 0 aliphatic rings. The maximum atomic E-state index is 11.8. The Hall–Kier alpha value is -1.92. The second-order valence-corrected chi connectivity index (χ2v) is 5.32. The SMILES string of the molecule is C[C@H](CCO)NC(=O)Nc1cccc(-c2nccs2)c1. The molecule has 0 saturated carbocycles. The molecular weight excluding hydrogens is 274 g/mol. The van der Waals surface area contributed by atoms with Crippen LogP contribution in [0.4, 0.5) is 10.5 Å². The summed E-state index contributed by atoms with van der Waals surface area (Å²) in [7, 11) is 0. The van der Waals surface area contributed by atoms with E-state index in [2.05, 4.69) is 15.6 Å². The fourth-order valence-electron chi connectivity index (χ4n) is 1.75. The summed E-state index contributed by atoms with van der Waals surface area (Å²) >= 11 is 1.55. The van der Waals surface area contributed by atoms with Gasteiger partial charge in [0.05, 0.1) is 0 Å². The van der Waals surface area contributed by atoms with Crippen LogP contribution in [0.5, 0.6) is 0 Å². The summed E-state index contributed by atoms with van der Waals surface area (Å²) in [5.74, 6) is 0. The number of nitrogens with one attached hydrogen (secondary N) is 2.